The number of benzene rings is 4. The van der Waals surface area contributed by atoms with Crippen LogP contribution in [0.4, 0.5) is 5.69 Å². The molecule has 12 heteroatoms. The highest BCUT2D eigenvalue weighted by Crippen LogP contribution is 2.42. The van der Waals surface area contributed by atoms with E-state index in [-0.39, 0.29) is 24.3 Å². The fourth-order valence-electron chi connectivity index (χ4n) is 5.55. The van der Waals surface area contributed by atoms with E-state index in [1.54, 1.807) is 0 Å². The minimum absolute atomic E-state index is 0.201. The summed E-state index contributed by atoms with van der Waals surface area (Å²) < 4.78 is 78.4. The van der Waals surface area contributed by atoms with Crippen molar-refractivity contribution in [2.75, 3.05) is 23.0 Å². The average Bonchev–Trinajstić information content (AvgIpc) is 3.51. The molecule has 0 unspecified atom stereocenters. The van der Waals surface area contributed by atoms with Crippen LogP contribution in [0, 0.1) is 0 Å². The van der Waals surface area contributed by atoms with E-state index in [1.165, 1.54) is 0 Å². The van der Waals surface area contributed by atoms with Gasteiger partial charge in [-0.15, -0.1) is 0 Å². The van der Waals surface area contributed by atoms with Crippen molar-refractivity contribution in [1.82, 2.24) is 0 Å². The molecule has 0 saturated heterocycles. The Morgan fingerprint density at radius 2 is 1.46 bits per heavy atom. The van der Waals surface area contributed by atoms with Crippen LogP contribution >= 0.6 is 0 Å². The third-order valence-electron chi connectivity index (χ3n) is 7.74. The average molecular weight is 662 g/mol. The molecule has 10 nitrogen and oxygen atoms in total. The predicted octanol–water partition coefficient (Wildman–Crippen LogP) is 6.28. The van der Waals surface area contributed by atoms with Crippen molar-refractivity contribution in [2.45, 2.75) is 26.3 Å². The molecule has 0 spiro atoms. The van der Waals surface area contributed by atoms with Gasteiger partial charge in [-0.2, -0.15) is 21.4 Å². The summed E-state index contributed by atoms with van der Waals surface area (Å²) in [6, 6.07) is 23.7. The summed E-state index contributed by atoms with van der Waals surface area (Å²) in [5.41, 5.74) is 3.12. The second-order valence-corrected chi connectivity index (χ2v) is 14.4. The third kappa shape index (κ3) is 7.31. The number of aromatic nitrogens is 1. The van der Waals surface area contributed by atoms with Gasteiger partial charge in [-0.1, -0.05) is 60.2 Å². The molecule has 0 aliphatic carbocycles. The molecule has 46 heavy (non-hydrogen) atoms. The van der Waals surface area contributed by atoms with Crippen molar-refractivity contribution in [1.29, 1.82) is 0 Å². The Balaban J connectivity index is 1.30. The number of allylic oxidation sites excluding steroid dienone is 4. The van der Waals surface area contributed by atoms with Gasteiger partial charge < -0.3 is 14.1 Å². The zero-order valence-corrected chi connectivity index (χ0v) is 26.7. The number of fused-ring (bicyclic) bond motifs is 4. The topological polar surface area (TPSA) is 138 Å². The largest absolute Gasteiger partial charge is 0.439 e. The van der Waals surface area contributed by atoms with E-state index in [0.29, 0.717) is 36.2 Å². The van der Waals surface area contributed by atoms with Crippen LogP contribution in [0.1, 0.15) is 25.7 Å². The highest BCUT2D eigenvalue weighted by atomic mass is 32.2. The van der Waals surface area contributed by atoms with E-state index >= 15 is 0 Å². The first-order chi connectivity index (χ1) is 21.9. The van der Waals surface area contributed by atoms with Crippen LogP contribution in [0.25, 0.3) is 38.7 Å². The SMILES string of the molecule is CC(C=Cc1oc2cc3ccccc3cc2[n+]1CCCS(=O)(=O)O)=CC=C1Oc2cc3ccccc3cc2N1CCCS(=O)(=O)O. The zero-order chi connectivity index (χ0) is 32.5. The van der Waals surface area contributed by atoms with Gasteiger partial charge in [0.25, 0.3) is 25.8 Å². The van der Waals surface area contributed by atoms with Crippen molar-refractivity contribution >= 4 is 64.6 Å². The van der Waals surface area contributed by atoms with Crippen LogP contribution in [0.5, 0.6) is 5.75 Å². The monoisotopic (exact) mass is 661 g/mol. The summed E-state index contributed by atoms with van der Waals surface area (Å²) in [6.45, 7) is 2.54. The number of aryl methyl sites for hydroxylation is 1. The normalized spacial score (nSPS) is 15.1. The summed E-state index contributed by atoms with van der Waals surface area (Å²) >= 11 is 0. The van der Waals surface area contributed by atoms with Crippen molar-refractivity contribution in [3.8, 4) is 5.75 Å². The molecular weight excluding hydrogens is 629 g/mol. The van der Waals surface area contributed by atoms with Gasteiger partial charge >= 0.3 is 5.89 Å². The minimum Gasteiger partial charge on any atom is -0.439 e. The Morgan fingerprint density at radius 3 is 2.13 bits per heavy atom. The maximum absolute atomic E-state index is 11.4. The second-order valence-electron chi connectivity index (χ2n) is 11.2. The smallest absolute Gasteiger partial charge is 0.374 e. The van der Waals surface area contributed by atoms with Crippen LogP contribution in [0.2, 0.25) is 0 Å². The van der Waals surface area contributed by atoms with Crippen molar-refractivity contribution in [3.05, 3.63) is 108 Å². The zero-order valence-electron chi connectivity index (χ0n) is 25.0. The van der Waals surface area contributed by atoms with E-state index in [4.69, 9.17) is 9.15 Å². The van der Waals surface area contributed by atoms with E-state index in [0.717, 1.165) is 38.3 Å². The molecule has 0 amide bonds. The number of nitrogens with zero attached hydrogens (tertiary/aromatic N) is 2. The quantitative estimate of drug-likeness (QED) is 0.0951. The lowest BCUT2D eigenvalue weighted by Gasteiger charge is -2.18. The summed E-state index contributed by atoms with van der Waals surface area (Å²) in [7, 11) is -8.21. The lowest BCUT2D eigenvalue weighted by atomic mass is 10.1. The molecule has 0 atom stereocenters. The van der Waals surface area contributed by atoms with E-state index < -0.39 is 20.2 Å². The lowest BCUT2D eigenvalue weighted by Crippen LogP contribution is -2.36. The fourth-order valence-corrected chi connectivity index (χ4v) is 6.54. The first kappa shape index (κ1) is 31.5. The molecular formula is C34H33N2O8S2+. The van der Waals surface area contributed by atoms with Crippen LogP contribution in [-0.2, 0) is 26.8 Å². The van der Waals surface area contributed by atoms with Gasteiger partial charge in [0.05, 0.1) is 23.3 Å². The second kappa shape index (κ2) is 12.7. The summed E-state index contributed by atoms with van der Waals surface area (Å²) in [4.78, 5) is 1.90. The Bertz CT molecular complexity index is 2270. The Labute approximate surface area is 267 Å². The van der Waals surface area contributed by atoms with Gasteiger partial charge in [-0.25, -0.2) is 0 Å². The Kier molecular flexibility index (Phi) is 8.71. The number of ether oxygens (including phenoxy) is 1. The molecule has 6 rings (SSSR count). The molecule has 2 N–H and O–H groups in total. The number of hydrogen-bond acceptors (Lipinski definition) is 7. The number of anilines is 1. The van der Waals surface area contributed by atoms with Crippen molar-refractivity contribution in [3.63, 3.8) is 0 Å². The first-order valence-corrected chi connectivity index (χ1v) is 18.0. The first-order valence-electron chi connectivity index (χ1n) is 14.7. The summed E-state index contributed by atoms with van der Waals surface area (Å²) in [5.74, 6) is 0.954. The molecule has 1 aliphatic heterocycles. The predicted molar refractivity (Wildman–Crippen MR) is 179 cm³/mol. The van der Waals surface area contributed by atoms with Crippen LogP contribution < -0.4 is 14.2 Å². The maximum Gasteiger partial charge on any atom is 0.374 e. The van der Waals surface area contributed by atoms with Crippen molar-refractivity contribution < 1.29 is 39.7 Å². The highest BCUT2D eigenvalue weighted by molar-refractivity contribution is 7.86. The van der Waals surface area contributed by atoms with Gasteiger partial charge in [0.15, 0.2) is 12.3 Å². The Hall–Kier alpha value is -4.49. The summed E-state index contributed by atoms with van der Waals surface area (Å²) in [6.07, 6.45) is 7.76. The molecule has 5 aromatic rings. The Morgan fingerprint density at radius 1 is 0.848 bits per heavy atom. The fraction of sp³-hybridized carbons (Fsp3) is 0.206. The highest BCUT2D eigenvalue weighted by Gasteiger charge is 2.27. The molecule has 4 aromatic carbocycles. The van der Waals surface area contributed by atoms with E-state index in [2.05, 4.69) is 0 Å². The molecule has 0 fully saturated rings. The van der Waals surface area contributed by atoms with E-state index in [9.17, 15) is 25.9 Å². The standard InChI is InChI=1S/C34H32N2O8S2/c1-24(12-14-33-35(16-6-18-45(37,38)39)29-20-25-8-2-4-10-27(25)22-31(29)43-33)13-15-34-36(17-7-19-46(40,41)42)30-21-26-9-3-5-11-28(26)23-32(30)44-34/h2-5,8-15,20-23H,6-7,16-19H2,1H3,(H-,37,38,39,40,41,42)/p+1. The molecule has 0 bridgehead atoms. The molecule has 0 saturated carbocycles. The van der Waals surface area contributed by atoms with Crippen LogP contribution in [0.15, 0.2) is 107 Å². The molecule has 2 heterocycles. The lowest BCUT2D eigenvalue weighted by molar-refractivity contribution is -0.677. The van der Waals surface area contributed by atoms with Crippen LogP contribution in [-0.4, -0.2) is 44.0 Å². The maximum atomic E-state index is 11.4. The summed E-state index contributed by atoms with van der Waals surface area (Å²) in [5, 5.41) is 4.06. The minimum atomic E-state index is -4.10. The molecule has 0 radical (unpaired) electrons. The van der Waals surface area contributed by atoms with Gasteiger partial charge in [-0.3, -0.25) is 9.11 Å². The molecule has 1 aromatic heterocycles. The molecule has 1 aliphatic rings. The number of rotatable bonds is 11. The molecule has 238 valence electrons. The van der Waals surface area contributed by atoms with Gasteiger partial charge in [0, 0.05) is 19.0 Å². The van der Waals surface area contributed by atoms with Gasteiger partial charge in [0.2, 0.25) is 11.5 Å². The number of hydrogen-bond donors (Lipinski definition) is 2. The van der Waals surface area contributed by atoms with E-state index in [1.807, 2.05) is 113 Å². The van der Waals surface area contributed by atoms with Gasteiger partial charge in [-0.05, 0) is 65.2 Å². The third-order valence-corrected chi connectivity index (χ3v) is 9.35. The number of oxazole rings is 1. The van der Waals surface area contributed by atoms with Gasteiger partial charge in [0.1, 0.15) is 0 Å². The van der Waals surface area contributed by atoms with Crippen LogP contribution in [0.3, 0.4) is 0 Å². The van der Waals surface area contributed by atoms with Crippen molar-refractivity contribution in [2.24, 2.45) is 0 Å².